The Morgan fingerprint density at radius 1 is 1.42 bits per heavy atom. The molecule has 0 amide bonds. The van der Waals surface area contributed by atoms with E-state index < -0.39 is 4.92 Å². The number of hydrogen-bond donors (Lipinski definition) is 1. The SMILES string of the molecule is CCC(NC)c1nnc(-c2ccccc2[N+](=O)[O-])s1. The predicted octanol–water partition coefficient (Wildman–Crippen LogP) is 2.78. The smallest absolute Gasteiger partial charge is 0.279 e. The van der Waals surface area contributed by atoms with E-state index in [-0.39, 0.29) is 11.7 Å². The molecule has 1 atom stereocenters. The summed E-state index contributed by atoms with van der Waals surface area (Å²) in [7, 11) is 1.86. The third kappa shape index (κ3) is 2.77. The zero-order valence-corrected chi connectivity index (χ0v) is 11.5. The number of nitrogens with zero attached hydrogens (tertiary/aromatic N) is 3. The number of benzene rings is 1. The first-order chi connectivity index (χ1) is 9.17. The Morgan fingerprint density at radius 2 is 2.16 bits per heavy atom. The van der Waals surface area contributed by atoms with Gasteiger partial charge >= 0.3 is 0 Å². The summed E-state index contributed by atoms with van der Waals surface area (Å²) in [5, 5.41) is 23.8. The number of para-hydroxylation sites is 1. The Morgan fingerprint density at radius 3 is 2.79 bits per heavy atom. The fourth-order valence-electron chi connectivity index (χ4n) is 1.80. The standard InChI is InChI=1S/C12H14N4O2S/c1-3-9(13-2)12-15-14-11(19-12)8-6-4-5-7-10(8)16(17)18/h4-7,9,13H,3H2,1-2H3. The van der Waals surface area contributed by atoms with Crippen LogP contribution in [0.15, 0.2) is 24.3 Å². The van der Waals surface area contributed by atoms with E-state index in [1.807, 2.05) is 14.0 Å². The van der Waals surface area contributed by atoms with Crippen molar-refractivity contribution in [2.45, 2.75) is 19.4 Å². The molecule has 0 aliphatic rings. The third-order valence-electron chi connectivity index (χ3n) is 2.83. The van der Waals surface area contributed by atoms with Crippen molar-refractivity contribution in [3.63, 3.8) is 0 Å². The monoisotopic (exact) mass is 278 g/mol. The summed E-state index contributed by atoms with van der Waals surface area (Å²) in [6.07, 6.45) is 0.891. The van der Waals surface area contributed by atoms with Gasteiger partial charge in [0.25, 0.3) is 5.69 Å². The van der Waals surface area contributed by atoms with Crippen LogP contribution >= 0.6 is 11.3 Å². The van der Waals surface area contributed by atoms with Crippen molar-refractivity contribution in [1.82, 2.24) is 15.5 Å². The minimum Gasteiger partial charge on any atom is -0.311 e. The lowest BCUT2D eigenvalue weighted by Crippen LogP contribution is -2.14. The van der Waals surface area contributed by atoms with Crippen LogP contribution in [-0.4, -0.2) is 22.2 Å². The Kier molecular flexibility index (Phi) is 4.18. The second kappa shape index (κ2) is 5.85. The van der Waals surface area contributed by atoms with E-state index in [1.165, 1.54) is 17.4 Å². The molecule has 1 aromatic heterocycles. The summed E-state index contributed by atoms with van der Waals surface area (Å²) in [6.45, 7) is 2.05. The van der Waals surface area contributed by atoms with Crippen LogP contribution in [0.5, 0.6) is 0 Å². The minimum absolute atomic E-state index is 0.0581. The largest absolute Gasteiger partial charge is 0.311 e. The summed E-state index contributed by atoms with van der Waals surface area (Å²) < 4.78 is 0. The van der Waals surface area contributed by atoms with Crippen LogP contribution in [0.1, 0.15) is 24.4 Å². The molecule has 0 radical (unpaired) electrons. The van der Waals surface area contributed by atoms with Gasteiger partial charge in [-0.05, 0) is 19.5 Å². The fourth-order valence-corrected chi connectivity index (χ4v) is 2.87. The fraction of sp³-hybridized carbons (Fsp3) is 0.333. The van der Waals surface area contributed by atoms with Gasteiger partial charge in [-0.15, -0.1) is 10.2 Å². The van der Waals surface area contributed by atoms with Gasteiger partial charge in [0.05, 0.1) is 16.5 Å². The van der Waals surface area contributed by atoms with Crippen molar-refractivity contribution < 1.29 is 4.92 Å². The molecule has 100 valence electrons. The number of nitro groups is 1. The molecule has 1 unspecified atom stereocenters. The maximum Gasteiger partial charge on any atom is 0.279 e. The van der Waals surface area contributed by atoms with Crippen LogP contribution in [0, 0.1) is 10.1 Å². The zero-order valence-electron chi connectivity index (χ0n) is 10.7. The Labute approximate surface area is 114 Å². The van der Waals surface area contributed by atoms with E-state index >= 15 is 0 Å². The van der Waals surface area contributed by atoms with Crippen molar-refractivity contribution in [2.24, 2.45) is 0 Å². The maximum atomic E-state index is 11.0. The number of rotatable bonds is 5. The van der Waals surface area contributed by atoms with Crippen LogP contribution < -0.4 is 5.32 Å². The zero-order chi connectivity index (χ0) is 13.8. The van der Waals surface area contributed by atoms with E-state index in [0.29, 0.717) is 10.6 Å². The molecule has 2 rings (SSSR count). The molecular weight excluding hydrogens is 264 g/mol. The lowest BCUT2D eigenvalue weighted by Gasteiger charge is -2.07. The van der Waals surface area contributed by atoms with Crippen LogP contribution in [0.25, 0.3) is 10.6 Å². The summed E-state index contributed by atoms with van der Waals surface area (Å²) >= 11 is 1.39. The lowest BCUT2D eigenvalue weighted by atomic mass is 10.2. The lowest BCUT2D eigenvalue weighted by molar-refractivity contribution is -0.384. The van der Waals surface area contributed by atoms with Gasteiger partial charge in [-0.25, -0.2) is 0 Å². The van der Waals surface area contributed by atoms with Gasteiger partial charge in [0.2, 0.25) is 0 Å². The molecule has 0 saturated heterocycles. The predicted molar refractivity (Wildman–Crippen MR) is 74.1 cm³/mol. The quantitative estimate of drug-likeness (QED) is 0.672. The Balaban J connectivity index is 2.41. The highest BCUT2D eigenvalue weighted by Crippen LogP contribution is 2.33. The van der Waals surface area contributed by atoms with Crippen molar-refractivity contribution in [1.29, 1.82) is 0 Å². The van der Waals surface area contributed by atoms with E-state index in [0.717, 1.165) is 11.4 Å². The average molecular weight is 278 g/mol. The third-order valence-corrected chi connectivity index (χ3v) is 3.90. The summed E-state index contributed by atoms with van der Waals surface area (Å²) in [5.41, 5.74) is 0.574. The first-order valence-corrected chi connectivity index (χ1v) is 6.73. The molecule has 1 aromatic carbocycles. The van der Waals surface area contributed by atoms with Crippen molar-refractivity contribution >= 4 is 17.0 Å². The van der Waals surface area contributed by atoms with E-state index in [2.05, 4.69) is 15.5 Å². The van der Waals surface area contributed by atoms with Gasteiger partial charge < -0.3 is 5.32 Å². The topological polar surface area (TPSA) is 81.0 Å². The highest BCUT2D eigenvalue weighted by atomic mass is 32.1. The van der Waals surface area contributed by atoms with Crippen LogP contribution in [0.4, 0.5) is 5.69 Å². The molecule has 1 N–H and O–H groups in total. The Bertz CT molecular complexity index is 581. The average Bonchev–Trinajstić information content (AvgIpc) is 2.89. The molecule has 0 saturated carbocycles. The van der Waals surface area contributed by atoms with Gasteiger partial charge in [-0.2, -0.15) is 0 Å². The molecule has 1 heterocycles. The molecule has 0 aliphatic heterocycles. The highest BCUT2D eigenvalue weighted by molar-refractivity contribution is 7.14. The second-order valence-electron chi connectivity index (χ2n) is 3.97. The number of aromatic nitrogens is 2. The number of hydrogen-bond acceptors (Lipinski definition) is 6. The van der Waals surface area contributed by atoms with E-state index in [4.69, 9.17) is 0 Å². The summed E-state index contributed by atoms with van der Waals surface area (Å²) in [4.78, 5) is 10.6. The van der Waals surface area contributed by atoms with Gasteiger partial charge in [0.1, 0.15) is 5.01 Å². The van der Waals surface area contributed by atoms with Crippen LogP contribution in [-0.2, 0) is 0 Å². The molecule has 0 aliphatic carbocycles. The van der Waals surface area contributed by atoms with Gasteiger partial charge in [0.15, 0.2) is 5.01 Å². The first kappa shape index (κ1) is 13.6. The first-order valence-electron chi connectivity index (χ1n) is 5.91. The van der Waals surface area contributed by atoms with Crippen molar-refractivity contribution in [3.05, 3.63) is 39.4 Å². The van der Waals surface area contributed by atoms with E-state index in [9.17, 15) is 10.1 Å². The summed E-state index contributed by atoms with van der Waals surface area (Å²) in [6, 6.07) is 6.72. The van der Waals surface area contributed by atoms with Gasteiger partial charge in [-0.1, -0.05) is 30.4 Å². The van der Waals surface area contributed by atoms with Crippen molar-refractivity contribution in [3.8, 4) is 10.6 Å². The maximum absolute atomic E-state index is 11.0. The summed E-state index contributed by atoms with van der Waals surface area (Å²) in [5.74, 6) is 0. The normalized spacial score (nSPS) is 12.3. The molecule has 19 heavy (non-hydrogen) atoms. The molecule has 0 fully saturated rings. The van der Waals surface area contributed by atoms with Gasteiger partial charge in [-0.3, -0.25) is 10.1 Å². The number of nitro benzene ring substituents is 1. The molecule has 2 aromatic rings. The molecule has 7 heteroatoms. The van der Waals surface area contributed by atoms with E-state index in [1.54, 1.807) is 18.2 Å². The Hall–Kier alpha value is -1.86. The molecular formula is C12H14N4O2S. The van der Waals surface area contributed by atoms with Crippen LogP contribution in [0.3, 0.4) is 0 Å². The molecule has 0 spiro atoms. The second-order valence-corrected chi connectivity index (χ2v) is 4.98. The van der Waals surface area contributed by atoms with Crippen molar-refractivity contribution in [2.75, 3.05) is 7.05 Å². The highest BCUT2D eigenvalue weighted by Gasteiger charge is 2.20. The van der Waals surface area contributed by atoms with Gasteiger partial charge in [0, 0.05) is 6.07 Å². The minimum atomic E-state index is -0.397. The molecule has 6 nitrogen and oxygen atoms in total. The van der Waals surface area contributed by atoms with Crippen LogP contribution in [0.2, 0.25) is 0 Å². The molecule has 0 bridgehead atoms. The number of nitrogens with one attached hydrogen (secondary N) is 1.